The van der Waals surface area contributed by atoms with Crippen molar-refractivity contribution in [2.75, 3.05) is 20.2 Å². The predicted octanol–water partition coefficient (Wildman–Crippen LogP) is -1.47. The monoisotopic (exact) mass is 104 g/mol. The summed E-state index contributed by atoms with van der Waals surface area (Å²) < 4.78 is 0. The topological polar surface area (TPSA) is 58.3 Å². The van der Waals surface area contributed by atoms with Crippen molar-refractivity contribution in [1.29, 1.82) is 0 Å². The van der Waals surface area contributed by atoms with E-state index in [1.165, 1.54) is 0 Å². The van der Waals surface area contributed by atoms with Gasteiger partial charge in [-0.2, -0.15) is 0 Å². The molecule has 0 aliphatic heterocycles. The highest BCUT2D eigenvalue weighted by atomic mass is 16.3. The van der Waals surface area contributed by atoms with Crippen molar-refractivity contribution < 1.29 is 5.11 Å². The number of aliphatic hydroxyl groups is 1. The van der Waals surface area contributed by atoms with E-state index in [1.807, 2.05) is 0 Å². The fourth-order valence-corrected chi connectivity index (χ4v) is 0.327. The third-order valence-electron chi connectivity index (χ3n) is 0.701. The lowest BCUT2D eigenvalue weighted by Crippen LogP contribution is -2.34. The fraction of sp³-hybridized carbons (Fsp3) is 1.00. The highest BCUT2D eigenvalue weighted by Gasteiger charge is 1.93. The van der Waals surface area contributed by atoms with Gasteiger partial charge in [0.15, 0.2) is 0 Å². The van der Waals surface area contributed by atoms with Crippen molar-refractivity contribution in [2.45, 2.75) is 6.04 Å². The minimum absolute atomic E-state index is 0.0564. The summed E-state index contributed by atoms with van der Waals surface area (Å²) >= 11 is 0. The van der Waals surface area contributed by atoms with Crippen LogP contribution in [0.3, 0.4) is 0 Å². The van der Waals surface area contributed by atoms with Crippen LogP contribution in [0.25, 0.3) is 0 Å². The summed E-state index contributed by atoms with van der Waals surface area (Å²) in [6.45, 7) is 0.733. The lowest BCUT2D eigenvalue weighted by atomic mass is 10.3. The first-order valence-electron chi connectivity index (χ1n) is 2.32. The van der Waals surface area contributed by atoms with E-state index in [9.17, 15) is 0 Å². The van der Waals surface area contributed by atoms with Crippen molar-refractivity contribution in [3.63, 3.8) is 0 Å². The van der Waals surface area contributed by atoms with Gasteiger partial charge in [-0.05, 0) is 7.05 Å². The molecule has 0 aliphatic carbocycles. The summed E-state index contributed by atoms with van der Waals surface area (Å²) in [6.07, 6.45) is 0. The zero-order valence-electron chi connectivity index (χ0n) is 4.52. The molecule has 0 saturated heterocycles. The first-order valence-corrected chi connectivity index (χ1v) is 2.32. The van der Waals surface area contributed by atoms with Crippen LogP contribution in [0, 0.1) is 0 Å². The van der Waals surface area contributed by atoms with E-state index in [4.69, 9.17) is 10.8 Å². The third kappa shape index (κ3) is 3.72. The lowest BCUT2D eigenvalue weighted by molar-refractivity contribution is 0.264. The van der Waals surface area contributed by atoms with E-state index in [0.29, 0.717) is 6.54 Å². The molecule has 44 valence electrons. The van der Waals surface area contributed by atoms with Gasteiger partial charge in [0, 0.05) is 12.6 Å². The fourth-order valence-electron chi connectivity index (χ4n) is 0.327. The maximum absolute atomic E-state index is 8.30. The number of rotatable bonds is 3. The summed E-state index contributed by atoms with van der Waals surface area (Å²) in [5.74, 6) is 0. The van der Waals surface area contributed by atoms with Crippen molar-refractivity contribution in [2.24, 2.45) is 5.73 Å². The van der Waals surface area contributed by atoms with Crippen LogP contribution < -0.4 is 11.1 Å². The largest absolute Gasteiger partial charge is 0.395 e. The second-order valence-corrected chi connectivity index (χ2v) is 1.50. The molecule has 7 heavy (non-hydrogen) atoms. The van der Waals surface area contributed by atoms with Crippen LogP contribution in [0.1, 0.15) is 0 Å². The predicted molar refractivity (Wildman–Crippen MR) is 29.0 cm³/mol. The Bertz CT molecular complexity index is 40.7. The first-order chi connectivity index (χ1) is 3.31. The van der Waals surface area contributed by atoms with Crippen LogP contribution in [0.5, 0.6) is 0 Å². The summed E-state index contributed by atoms with van der Waals surface area (Å²) in [5.41, 5.74) is 5.27. The maximum Gasteiger partial charge on any atom is 0.0594 e. The van der Waals surface area contributed by atoms with Crippen LogP contribution in [0.15, 0.2) is 0 Å². The van der Waals surface area contributed by atoms with Gasteiger partial charge >= 0.3 is 0 Å². The Morgan fingerprint density at radius 1 is 1.86 bits per heavy atom. The molecule has 1 atom stereocenters. The molecule has 1 unspecified atom stereocenters. The van der Waals surface area contributed by atoms with Gasteiger partial charge in [-0.15, -0.1) is 0 Å². The van der Waals surface area contributed by atoms with Crippen LogP contribution in [-0.4, -0.2) is 31.3 Å². The van der Waals surface area contributed by atoms with Crippen molar-refractivity contribution >= 4 is 0 Å². The standard InChI is InChI=1S/C4H12N2O/c1-6-2-4(5)3-7/h4,6-7H,2-3,5H2,1H3. The van der Waals surface area contributed by atoms with E-state index in [2.05, 4.69) is 5.32 Å². The Kier molecular flexibility index (Phi) is 3.98. The van der Waals surface area contributed by atoms with Crippen LogP contribution in [0.4, 0.5) is 0 Å². The number of nitrogens with one attached hydrogen (secondary N) is 1. The van der Waals surface area contributed by atoms with Crippen molar-refractivity contribution in [1.82, 2.24) is 5.32 Å². The normalized spacial score (nSPS) is 14.1. The van der Waals surface area contributed by atoms with E-state index in [-0.39, 0.29) is 12.6 Å². The quantitative estimate of drug-likeness (QED) is 0.409. The summed E-state index contributed by atoms with van der Waals surface area (Å²) in [6, 6.07) is -0.106. The molecule has 0 spiro atoms. The molecule has 0 aromatic carbocycles. The average Bonchev–Trinajstić information content (AvgIpc) is 1.68. The molecule has 4 N–H and O–H groups in total. The molecule has 0 radical (unpaired) electrons. The van der Waals surface area contributed by atoms with Crippen molar-refractivity contribution in [3.05, 3.63) is 0 Å². The average molecular weight is 104 g/mol. The highest BCUT2D eigenvalue weighted by Crippen LogP contribution is 1.67. The van der Waals surface area contributed by atoms with Gasteiger partial charge in [0.05, 0.1) is 6.61 Å². The summed E-state index contributed by atoms with van der Waals surface area (Å²) in [5, 5.41) is 11.1. The molecule has 3 heteroatoms. The molecule has 3 nitrogen and oxygen atoms in total. The van der Waals surface area contributed by atoms with E-state index in [0.717, 1.165) is 0 Å². The zero-order chi connectivity index (χ0) is 5.70. The first kappa shape index (κ1) is 6.88. The Morgan fingerprint density at radius 3 is 2.57 bits per heavy atom. The van der Waals surface area contributed by atoms with Crippen LogP contribution in [-0.2, 0) is 0 Å². The zero-order valence-corrected chi connectivity index (χ0v) is 4.52. The van der Waals surface area contributed by atoms with Crippen molar-refractivity contribution in [3.8, 4) is 0 Å². The molecule has 0 aromatic rings. The van der Waals surface area contributed by atoms with Crippen LogP contribution >= 0.6 is 0 Å². The Balaban J connectivity index is 2.83. The number of hydrogen-bond acceptors (Lipinski definition) is 3. The van der Waals surface area contributed by atoms with Gasteiger partial charge in [-0.25, -0.2) is 0 Å². The van der Waals surface area contributed by atoms with Gasteiger partial charge in [0.25, 0.3) is 0 Å². The molecule has 0 heterocycles. The minimum atomic E-state index is -0.106. The van der Waals surface area contributed by atoms with Gasteiger partial charge in [0.2, 0.25) is 0 Å². The van der Waals surface area contributed by atoms with Gasteiger partial charge in [-0.1, -0.05) is 0 Å². The molecular weight excluding hydrogens is 92.1 g/mol. The Labute approximate surface area is 43.5 Å². The summed E-state index contributed by atoms with van der Waals surface area (Å²) in [4.78, 5) is 0. The van der Waals surface area contributed by atoms with Gasteiger partial charge in [-0.3, -0.25) is 0 Å². The SMILES string of the molecule is CNCC(N)CO. The Morgan fingerprint density at radius 2 is 2.43 bits per heavy atom. The molecule has 0 rings (SSSR count). The highest BCUT2D eigenvalue weighted by molar-refractivity contribution is 4.58. The molecule has 0 bridgehead atoms. The van der Waals surface area contributed by atoms with E-state index < -0.39 is 0 Å². The Hall–Kier alpha value is -0.120. The minimum Gasteiger partial charge on any atom is -0.395 e. The smallest absolute Gasteiger partial charge is 0.0594 e. The van der Waals surface area contributed by atoms with Crippen LogP contribution in [0.2, 0.25) is 0 Å². The summed E-state index contributed by atoms with van der Waals surface area (Å²) in [7, 11) is 1.80. The van der Waals surface area contributed by atoms with E-state index in [1.54, 1.807) is 7.05 Å². The second-order valence-electron chi connectivity index (χ2n) is 1.50. The molecule has 0 aromatic heterocycles. The van der Waals surface area contributed by atoms with Gasteiger partial charge in [0.1, 0.15) is 0 Å². The number of likely N-dealkylation sites (N-methyl/N-ethyl adjacent to an activating group) is 1. The molecule has 0 aliphatic rings. The van der Waals surface area contributed by atoms with Gasteiger partial charge < -0.3 is 16.2 Å². The molecule has 0 amide bonds. The third-order valence-corrected chi connectivity index (χ3v) is 0.701. The van der Waals surface area contributed by atoms with E-state index >= 15 is 0 Å². The maximum atomic E-state index is 8.30. The molecule has 0 fully saturated rings. The molecular formula is C4H12N2O. The second kappa shape index (κ2) is 4.05. The number of nitrogens with two attached hydrogens (primary N) is 1. The number of aliphatic hydroxyl groups excluding tert-OH is 1. The lowest BCUT2D eigenvalue weighted by Gasteiger charge is -2.03. The molecule has 0 saturated carbocycles. The number of hydrogen-bond donors (Lipinski definition) is 3.